The van der Waals surface area contributed by atoms with Gasteiger partial charge in [-0.25, -0.2) is 14.5 Å². The molecule has 2 bridgehead atoms. The van der Waals surface area contributed by atoms with Crippen LogP contribution in [0.3, 0.4) is 0 Å². The Morgan fingerprint density at radius 3 is 2.61 bits per heavy atom. The average Bonchev–Trinajstić information content (AvgIpc) is 3.41. The molecule has 1 N–H and O–H groups in total. The van der Waals surface area contributed by atoms with Gasteiger partial charge in [0.15, 0.2) is 0 Å². The first-order valence-corrected chi connectivity index (χ1v) is 13.7. The lowest BCUT2D eigenvalue weighted by Crippen LogP contribution is -2.68. The Bertz CT molecular complexity index is 1540. The van der Waals surface area contributed by atoms with Crippen LogP contribution in [0.2, 0.25) is 0 Å². The number of hydrogen-bond acceptors (Lipinski definition) is 10. The molecule has 3 aliphatic rings. The highest BCUT2D eigenvalue weighted by atomic mass is 16.5. The number of piperazine rings is 1. The van der Waals surface area contributed by atoms with E-state index in [4.69, 9.17) is 14.5 Å². The van der Waals surface area contributed by atoms with Gasteiger partial charge in [-0.05, 0) is 44.3 Å². The summed E-state index contributed by atoms with van der Waals surface area (Å²) < 4.78 is 12.8. The lowest BCUT2D eigenvalue weighted by atomic mass is 9.87. The number of anilines is 1. The fraction of sp³-hybridized carbons (Fsp3) is 0.400. The number of aliphatic hydroxyl groups excluding tert-OH is 1. The molecule has 3 fully saturated rings. The van der Waals surface area contributed by atoms with Gasteiger partial charge in [0, 0.05) is 67.8 Å². The van der Waals surface area contributed by atoms with E-state index in [-0.39, 0.29) is 6.61 Å². The van der Waals surface area contributed by atoms with Crippen molar-refractivity contribution in [1.29, 1.82) is 5.26 Å². The number of pyridine rings is 3. The van der Waals surface area contributed by atoms with E-state index in [9.17, 15) is 10.4 Å². The summed E-state index contributed by atoms with van der Waals surface area (Å²) in [6.07, 6.45) is 7.61. The van der Waals surface area contributed by atoms with Crippen LogP contribution in [-0.2, 0) is 6.54 Å². The average molecular weight is 555 g/mol. The van der Waals surface area contributed by atoms with Crippen molar-refractivity contribution >= 4 is 11.3 Å². The van der Waals surface area contributed by atoms with Crippen LogP contribution < -0.4 is 14.4 Å². The largest absolute Gasteiger partial charge is 0.489 e. The maximum Gasteiger partial charge on any atom is 0.212 e. The van der Waals surface area contributed by atoms with Gasteiger partial charge >= 0.3 is 0 Å². The third-order valence-corrected chi connectivity index (χ3v) is 7.82. The van der Waals surface area contributed by atoms with Crippen LogP contribution in [0, 0.1) is 11.3 Å². The predicted molar refractivity (Wildman–Crippen MR) is 154 cm³/mol. The molecule has 3 aliphatic heterocycles. The van der Waals surface area contributed by atoms with E-state index in [1.54, 1.807) is 24.0 Å². The number of methoxy groups -OCH3 is 1. The molecule has 3 unspecified atom stereocenters. The van der Waals surface area contributed by atoms with E-state index < -0.39 is 6.10 Å². The molecule has 0 amide bonds. The molecular formula is C30H34N8O3. The molecule has 4 aromatic heterocycles. The Balaban J connectivity index is 1.17. The second-order valence-corrected chi connectivity index (χ2v) is 11.0. The summed E-state index contributed by atoms with van der Waals surface area (Å²) in [5, 5.41) is 24.3. The highest BCUT2D eigenvalue weighted by molar-refractivity contribution is 5.85. The minimum absolute atomic E-state index is 0.149. The molecule has 212 valence electrons. The maximum atomic E-state index is 10.3. The second kappa shape index (κ2) is 11.3. The third-order valence-electron chi connectivity index (χ3n) is 7.82. The van der Waals surface area contributed by atoms with Gasteiger partial charge in [0.2, 0.25) is 5.88 Å². The number of piperidine rings is 1. The molecule has 7 rings (SSSR count). The molecule has 3 atom stereocenters. The first-order valence-electron chi connectivity index (χ1n) is 13.7. The van der Waals surface area contributed by atoms with Gasteiger partial charge in [-0.15, -0.1) is 0 Å². The number of fused-ring (bicyclic) bond motifs is 3. The van der Waals surface area contributed by atoms with E-state index in [0.717, 1.165) is 36.6 Å². The molecule has 0 aliphatic carbocycles. The Hall–Kier alpha value is -4.24. The number of aliphatic hydroxyl groups is 1. The van der Waals surface area contributed by atoms with Gasteiger partial charge in [0.1, 0.15) is 30.3 Å². The van der Waals surface area contributed by atoms with Crippen LogP contribution >= 0.6 is 0 Å². The number of rotatable bonds is 10. The van der Waals surface area contributed by atoms with Gasteiger partial charge in [-0.2, -0.15) is 10.4 Å². The van der Waals surface area contributed by atoms with Gasteiger partial charge in [0.05, 0.1) is 30.6 Å². The van der Waals surface area contributed by atoms with Crippen LogP contribution in [0.1, 0.15) is 17.5 Å². The standard InChI is InChI=1S/C30H34N8O3/c1-35(2)17-25(39)19-41-26-9-27(30-22(10-31)13-34-38(30)18-26)21-5-6-28(32-12-21)36-15-23-8-24(16-36)37(23)14-20-4-7-29(40-3)33-11-20/h4-7,9,11-13,18,23-25,39H,8,14-17,19H2,1-3H3. The SMILES string of the molecule is COc1ccc(CN2C3CC2CN(c2ccc(-c4cc(OCC(O)CN(C)C)cn5ncc(C#N)c45)cn2)C3)cn1. The van der Waals surface area contributed by atoms with Crippen LogP contribution in [0.5, 0.6) is 11.6 Å². The molecule has 41 heavy (non-hydrogen) atoms. The molecular weight excluding hydrogens is 520 g/mol. The van der Waals surface area contributed by atoms with Crippen molar-refractivity contribution in [3.63, 3.8) is 0 Å². The minimum atomic E-state index is -0.628. The van der Waals surface area contributed by atoms with Crippen molar-refractivity contribution in [3.05, 3.63) is 66.2 Å². The summed E-state index contributed by atoms with van der Waals surface area (Å²) in [4.78, 5) is 16.0. The number of hydrogen-bond donors (Lipinski definition) is 1. The van der Waals surface area contributed by atoms with Crippen molar-refractivity contribution in [3.8, 4) is 28.8 Å². The smallest absolute Gasteiger partial charge is 0.212 e. The number of aromatic nitrogens is 4. The molecule has 4 aromatic rings. The highest BCUT2D eigenvalue weighted by Gasteiger charge is 2.44. The summed E-state index contributed by atoms with van der Waals surface area (Å²) in [6, 6.07) is 13.2. The van der Waals surface area contributed by atoms with Crippen LogP contribution in [-0.4, -0.2) is 100 Å². The van der Waals surface area contributed by atoms with Crippen molar-refractivity contribution < 1.29 is 14.6 Å². The fourth-order valence-electron chi connectivity index (χ4n) is 5.85. The molecule has 0 saturated carbocycles. The highest BCUT2D eigenvalue weighted by Crippen LogP contribution is 2.36. The predicted octanol–water partition coefficient (Wildman–Crippen LogP) is 2.44. The lowest BCUT2D eigenvalue weighted by Gasteiger charge is -2.56. The van der Waals surface area contributed by atoms with Crippen molar-refractivity contribution in [2.24, 2.45) is 0 Å². The van der Waals surface area contributed by atoms with E-state index in [1.807, 2.05) is 55.7 Å². The first-order chi connectivity index (χ1) is 19.9. The van der Waals surface area contributed by atoms with Crippen LogP contribution in [0.15, 0.2) is 55.1 Å². The second-order valence-electron chi connectivity index (χ2n) is 11.0. The Labute approximate surface area is 239 Å². The van der Waals surface area contributed by atoms with Crippen LogP contribution in [0.4, 0.5) is 5.82 Å². The van der Waals surface area contributed by atoms with E-state index in [1.165, 1.54) is 12.0 Å². The van der Waals surface area contributed by atoms with Gasteiger partial charge in [0.25, 0.3) is 0 Å². The molecule has 0 spiro atoms. The molecule has 11 nitrogen and oxygen atoms in total. The van der Waals surface area contributed by atoms with Crippen molar-refractivity contribution in [1.82, 2.24) is 29.4 Å². The Kier molecular flexibility index (Phi) is 7.45. The number of nitrogens with zero attached hydrogens (tertiary/aromatic N) is 8. The van der Waals surface area contributed by atoms with Gasteiger partial charge < -0.3 is 24.4 Å². The zero-order valence-electron chi connectivity index (χ0n) is 23.5. The molecule has 0 aromatic carbocycles. The summed E-state index contributed by atoms with van der Waals surface area (Å²) in [5.74, 6) is 2.14. The molecule has 3 saturated heterocycles. The van der Waals surface area contributed by atoms with Gasteiger partial charge in [-0.1, -0.05) is 6.07 Å². The summed E-state index contributed by atoms with van der Waals surface area (Å²) in [7, 11) is 5.44. The Morgan fingerprint density at radius 1 is 1.12 bits per heavy atom. The zero-order valence-corrected chi connectivity index (χ0v) is 23.5. The quantitative estimate of drug-likeness (QED) is 0.313. The molecule has 7 heterocycles. The lowest BCUT2D eigenvalue weighted by molar-refractivity contribution is -0.00876. The first kappa shape index (κ1) is 27.0. The van der Waals surface area contributed by atoms with Gasteiger partial charge in [-0.3, -0.25) is 4.90 Å². The summed E-state index contributed by atoms with van der Waals surface area (Å²) in [5.41, 5.74) is 4.04. The van der Waals surface area contributed by atoms with Crippen LogP contribution in [0.25, 0.3) is 16.6 Å². The number of ether oxygens (including phenoxy) is 2. The topological polar surface area (TPSA) is 115 Å². The molecule has 11 heteroatoms. The minimum Gasteiger partial charge on any atom is -0.489 e. The van der Waals surface area contributed by atoms with E-state index >= 15 is 0 Å². The number of nitriles is 1. The fourth-order valence-corrected chi connectivity index (χ4v) is 5.85. The Morgan fingerprint density at radius 2 is 1.95 bits per heavy atom. The van der Waals surface area contributed by atoms with E-state index in [2.05, 4.69) is 32.0 Å². The third kappa shape index (κ3) is 5.54. The van der Waals surface area contributed by atoms with Crippen molar-refractivity contribution in [2.75, 3.05) is 52.3 Å². The zero-order chi connectivity index (χ0) is 28.5. The number of likely N-dealkylation sites (N-methyl/N-ethyl adjacent to an activating group) is 1. The monoisotopic (exact) mass is 554 g/mol. The molecule has 0 radical (unpaired) electrons. The summed E-state index contributed by atoms with van der Waals surface area (Å²) >= 11 is 0. The summed E-state index contributed by atoms with van der Waals surface area (Å²) in [6.45, 7) is 3.39. The maximum absolute atomic E-state index is 10.3. The van der Waals surface area contributed by atoms with E-state index in [0.29, 0.717) is 41.3 Å². The van der Waals surface area contributed by atoms with Crippen molar-refractivity contribution in [2.45, 2.75) is 31.2 Å². The normalized spacial score (nSPS) is 19.2.